The Balaban J connectivity index is 3.09. The second kappa shape index (κ2) is 5.49. The van der Waals surface area contributed by atoms with E-state index in [0.29, 0.717) is 5.56 Å². The molecule has 0 spiro atoms. The fraction of sp³-hybridized carbons (Fsp3) is 0.500. The van der Waals surface area contributed by atoms with Gasteiger partial charge in [-0.3, -0.25) is 10.1 Å². The highest BCUT2D eigenvalue weighted by molar-refractivity contribution is 5.44. The first-order valence-electron chi connectivity index (χ1n) is 5.57. The van der Waals surface area contributed by atoms with Crippen LogP contribution < -0.4 is 0 Å². The molecule has 1 atom stereocenters. The lowest BCUT2D eigenvalue weighted by Gasteiger charge is -2.15. The molecule has 16 heavy (non-hydrogen) atoms. The van der Waals surface area contributed by atoms with Crippen molar-refractivity contribution in [2.45, 2.75) is 39.0 Å². The Bertz CT molecular complexity index is 377. The Kier molecular flexibility index (Phi) is 4.28. The minimum atomic E-state index is -0.429. The van der Waals surface area contributed by atoms with Crippen molar-refractivity contribution in [2.24, 2.45) is 0 Å². The molecule has 1 rings (SSSR count). The van der Waals surface area contributed by atoms with E-state index in [9.17, 15) is 15.2 Å². The van der Waals surface area contributed by atoms with Gasteiger partial charge in [-0.1, -0.05) is 20.3 Å². The van der Waals surface area contributed by atoms with Gasteiger partial charge in [0.2, 0.25) is 0 Å². The Morgan fingerprint density at radius 3 is 2.62 bits per heavy atom. The minimum Gasteiger partial charge on any atom is -0.508 e. The Labute approximate surface area is 95.1 Å². The first-order valence-corrected chi connectivity index (χ1v) is 5.57. The average molecular weight is 223 g/mol. The SMILES string of the molecule is CCCC(CC)c1cc([N+](=O)[O-])ccc1O. The number of nitro groups is 1. The number of hydrogen-bond acceptors (Lipinski definition) is 3. The molecule has 0 radical (unpaired) electrons. The lowest BCUT2D eigenvalue weighted by Crippen LogP contribution is -1.99. The summed E-state index contributed by atoms with van der Waals surface area (Å²) in [5.41, 5.74) is 0.737. The lowest BCUT2D eigenvalue weighted by molar-refractivity contribution is -0.385. The Hall–Kier alpha value is -1.58. The molecule has 0 aliphatic carbocycles. The number of nitro benzene ring substituents is 1. The first-order chi connectivity index (χ1) is 7.60. The molecule has 1 unspecified atom stereocenters. The van der Waals surface area contributed by atoms with Gasteiger partial charge in [0, 0.05) is 17.7 Å². The fourth-order valence-corrected chi connectivity index (χ4v) is 1.91. The number of aromatic hydroxyl groups is 1. The fourth-order valence-electron chi connectivity index (χ4n) is 1.91. The molecule has 0 heterocycles. The van der Waals surface area contributed by atoms with E-state index in [0.717, 1.165) is 19.3 Å². The van der Waals surface area contributed by atoms with Crippen molar-refractivity contribution in [3.8, 4) is 5.75 Å². The van der Waals surface area contributed by atoms with Gasteiger partial charge in [-0.05, 0) is 24.8 Å². The highest BCUT2D eigenvalue weighted by Crippen LogP contribution is 2.34. The maximum atomic E-state index is 10.7. The molecule has 0 saturated heterocycles. The van der Waals surface area contributed by atoms with Crippen molar-refractivity contribution in [1.29, 1.82) is 0 Å². The van der Waals surface area contributed by atoms with Crippen LogP contribution in [0.5, 0.6) is 5.75 Å². The molecule has 1 aromatic rings. The standard InChI is InChI=1S/C12H17NO3/c1-3-5-9(4-2)11-8-10(13(15)16)6-7-12(11)14/h6-9,14H,3-5H2,1-2H3. The molecule has 88 valence electrons. The zero-order chi connectivity index (χ0) is 12.1. The summed E-state index contributed by atoms with van der Waals surface area (Å²) < 4.78 is 0. The molecule has 0 aliphatic heterocycles. The van der Waals surface area contributed by atoms with Gasteiger partial charge in [-0.2, -0.15) is 0 Å². The number of phenols is 1. The van der Waals surface area contributed by atoms with Gasteiger partial charge in [-0.25, -0.2) is 0 Å². The zero-order valence-corrected chi connectivity index (χ0v) is 9.64. The quantitative estimate of drug-likeness (QED) is 0.612. The number of non-ortho nitro benzene ring substituents is 1. The third-order valence-corrected chi connectivity index (χ3v) is 2.79. The molecule has 0 aromatic heterocycles. The summed E-state index contributed by atoms with van der Waals surface area (Å²) in [6.45, 7) is 4.09. The molecule has 4 nitrogen and oxygen atoms in total. The van der Waals surface area contributed by atoms with Crippen LogP contribution in [-0.4, -0.2) is 10.0 Å². The Morgan fingerprint density at radius 2 is 2.12 bits per heavy atom. The van der Waals surface area contributed by atoms with Gasteiger partial charge < -0.3 is 5.11 Å². The summed E-state index contributed by atoms with van der Waals surface area (Å²) in [4.78, 5) is 10.2. The van der Waals surface area contributed by atoms with Crippen molar-refractivity contribution in [3.63, 3.8) is 0 Å². The van der Waals surface area contributed by atoms with Crippen LogP contribution >= 0.6 is 0 Å². The maximum Gasteiger partial charge on any atom is 0.269 e. The summed E-state index contributed by atoms with van der Waals surface area (Å²) in [6.07, 6.45) is 2.81. The van der Waals surface area contributed by atoms with E-state index >= 15 is 0 Å². The largest absolute Gasteiger partial charge is 0.508 e. The van der Waals surface area contributed by atoms with Crippen LogP contribution in [0.3, 0.4) is 0 Å². The summed E-state index contributed by atoms with van der Waals surface area (Å²) in [7, 11) is 0. The highest BCUT2D eigenvalue weighted by atomic mass is 16.6. The van der Waals surface area contributed by atoms with Gasteiger partial charge >= 0.3 is 0 Å². The predicted octanol–water partition coefficient (Wildman–Crippen LogP) is 3.59. The summed E-state index contributed by atoms with van der Waals surface area (Å²) in [5.74, 6) is 0.357. The van der Waals surface area contributed by atoms with Crippen LogP contribution in [0.15, 0.2) is 18.2 Å². The highest BCUT2D eigenvalue weighted by Gasteiger charge is 2.16. The number of nitrogens with zero attached hydrogens (tertiary/aromatic N) is 1. The smallest absolute Gasteiger partial charge is 0.269 e. The molecular formula is C12H17NO3. The predicted molar refractivity (Wildman–Crippen MR) is 62.7 cm³/mol. The van der Waals surface area contributed by atoms with E-state index in [1.807, 2.05) is 6.92 Å². The summed E-state index contributed by atoms with van der Waals surface area (Å²) in [5, 5.41) is 20.4. The minimum absolute atomic E-state index is 0.0438. The van der Waals surface area contributed by atoms with E-state index < -0.39 is 4.92 Å². The van der Waals surface area contributed by atoms with Gasteiger partial charge in [0.1, 0.15) is 5.75 Å². The second-order valence-electron chi connectivity index (χ2n) is 3.89. The van der Waals surface area contributed by atoms with Gasteiger partial charge in [0.25, 0.3) is 5.69 Å². The van der Waals surface area contributed by atoms with Gasteiger partial charge in [0.05, 0.1) is 4.92 Å². The lowest BCUT2D eigenvalue weighted by atomic mass is 9.91. The monoisotopic (exact) mass is 223 g/mol. The third-order valence-electron chi connectivity index (χ3n) is 2.79. The van der Waals surface area contributed by atoms with Crippen LogP contribution in [0.25, 0.3) is 0 Å². The van der Waals surface area contributed by atoms with Crippen molar-refractivity contribution in [3.05, 3.63) is 33.9 Å². The summed E-state index contributed by atoms with van der Waals surface area (Å²) >= 11 is 0. The van der Waals surface area contributed by atoms with Gasteiger partial charge in [-0.15, -0.1) is 0 Å². The molecule has 1 N–H and O–H groups in total. The molecule has 0 amide bonds. The second-order valence-corrected chi connectivity index (χ2v) is 3.89. The van der Waals surface area contributed by atoms with Crippen LogP contribution in [0, 0.1) is 10.1 Å². The number of phenolic OH excluding ortho intramolecular Hbond substituents is 1. The van der Waals surface area contributed by atoms with E-state index in [4.69, 9.17) is 0 Å². The normalized spacial score (nSPS) is 12.4. The van der Waals surface area contributed by atoms with Crippen molar-refractivity contribution in [1.82, 2.24) is 0 Å². The van der Waals surface area contributed by atoms with E-state index in [2.05, 4.69) is 6.92 Å². The van der Waals surface area contributed by atoms with Crippen LogP contribution in [-0.2, 0) is 0 Å². The molecule has 4 heteroatoms. The average Bonchev–Trinajstić information content (AvgIpc) is 2.26. The van der Waals surface area contributed by atoms with Crippen LogP contribution in [0.4, 0.5) is 5.69 Å². The van der Waals surface area contributed by atoms with Crippen molar-refractivity contribution >= 4 is 5.69 Å². The topological polar surface area (TPSA) is 63.4 Å². The van der Waals surface area contributed by atoms with E-state index in [-0.39, 0.29) is 17.4 Å². The molecule has 0 fully saturated rings. The zero-order valence-electron chi connectivity index (χ0n) is 9.64. The van der Waals surface area contributed by atoms with Crippen molar-refractivity contribution < 1.29 is 10.0 Å². The number of rotatable bonds is 5. The molecular weight excluding hydrogens is 206 g/mol. The van der Waals surface area contributed by atoms with Crippen LogP contribution in [0.2, 0.25) is 0 Å². The Morgan fingerprint density at radius 1 is 1.44 bits per heavy atom. The molecule has 1 aromatic carbocycles. The summed E-state index contributed by atoms with van der Waals surface area (Å²) in [6, 6.07) is 4.22. The van der Waals surface area contributed by atoms with Crippen molar-refractivity contribution in [2.75, 3.05) is 0 Å². The molecule has 0 saturated carbocycles. The van der Waals surface area contributed by atoms with E-state index in [1.165, 1.54) is 18.2 Å². The number of hydrogen-bond donors (Lipinski definition) is 1. The molecule has 0 aliphatic rings. The first kappa shape index (κ1) is 12.5. The van der Waals surface area contributed by atoms with Gasteiger partial charge in [0.15, 0.2) is 0 Å². The molecule has 0 bridgehead atoms. The third kappa shape index (κ3) is 2.72. The van der Waals surface area contributed by atoms with Crippen LogP contribution in [0.1, 0.15) is 44.6 Å². The van der Waals surface area contributed by atoms with E-state index in [1.54, 1.807) is 0 Å². The maximum absolute atomic E-state index is 10.7. The number of benzene rings is 1.